The van der Waals surface area contributed by atoms with E-state index in [0.29, 0.717) is 0 Å². The monoisotopic (exact) mass is 402 g/mol. The maximum absolute atomic E-state index is 2.73. The molecule has 3 aromatic rings. The van der Waals surface area contributed by atoms with Crippen molar-refractivity contribution in [2.75, 3.05) is 12.7 Å². The van der Waals surface area contributed by atoms with Crippen molar-refractivity contribution in [2.24, 2.45) is 0 Å². The Morgan fingerprint density at radius 3 is 0.852 bits per heavy atom. The van der Waals surface area contributed by atoms with E-state index in [2.05, 4.69) is 123 Å². The third-order valence-electron chi connectivity index (χ3n) is 4.98. The average Bonchev–Trinajstić information content (AvgIpc) is 2.70. The van der Waals surface area contributed by atoms with Crippen molar-refractivity contribution >= 4 is 44.4 Å². The molecular formula is C21H24N3Si3. The quantitative estimate of drug-likeness (QED) is 0.579. The van der Waals surface area contributed by atoms with E-state index in [1.807, 2.05) is 0 Å². The lowest BCUT2D eigenvalue weighted by Crippen LogP contribution is -2.76. The molecule has 0 unspecified atom stereocenters. The lowest BCUT2D eigenvalue weighted by atomic mass is 10.3. The summed E-state index contributed by atoms with van der Waals surface area (Å²) in [7, 11) is -2.69. The van der Waals surface area contributed by atoms with Gasteiger partial charge in [-0.1, -0.05) is 54.6 Å². The fourth-order valence-corrected chi connectivity index (χ4v) is 15.9. The Kier molecular flexibility index (Phi) is 5.20. The number of nitrogens with zero attached hydrogens (tertiary/aromatic N) is 3. The summed E-state index contributed by atoms with van der Waals surface area (Å²) in [6, 6.07) is 32.9. The van der Waals surface area contributed by atoms with Gasteiger partial charge in [-0.25, -0.2) is 0 Å². The summed E-state index contributed by atoms with van der Waals surface area (Å²) in [5.41, 5.74) is 4.05. The minimum Gasteiger partial charge on any atom is -0.392 e. The summed E-state index contributed by atoms with van der Waals surface area (Å²) in [5, 5.41) is 0. The Hall–Kier alpha value is -2.29. The second-order valence-corrected chi connectivity index (χ2v) is 14.0. The van der Waals surface area contributed by atoms with Crippen LogP contribution in [0.25, 0.3) is 0 Å². The van der Waals surface area contributed by atoms with Gasteiger partial charge in [-0.15, -0.1) is 0 Å². The van der Waals surface area contributed by atoms with Crippen LogP contribution in [0.3, 0.4) is 0 Å². The van der Waals surface area contributed by atoms with Crippen LogP contribution in [0.4, 0.5) is 17.1 Å². The molecule has 0 aromatic heterocycles. The summed E-state index contributed by atoms with van der Waals surface area (Å²) in [4.78, 5) is 0. The summed E-state index contributed by atoms with van der Waals surface area (Å²) >= 11 is 0. The topological polar surface area (TPSA) is 9.72 Å². The van der Waals surface area contributed by atoms with Crippen LogP contribution in [0.5, 0.6) is 0 Å². The largest absolute Gasteiger partial charge is 0.392 e. The SMILES string of the molecule is C[Si]1N(c2ccccc2)[Si](C)N(c2ccccc2)[Si](C)N1c1ccccc1. The molecule has 0 bridgehead atoms. The van der Waals surface area contributed by atoms with Gasteiger partial charge in [0.25, 0.3) is 27.4 Å². The molecule has 1 fully saturated rings. The van der Waals surface area contributed by atoms with Gasteiger partial charge in [-0.3, -0.25) is 0 Å². The molecule has 1 aliphatic heterocycles. The van der Waals surface area contributed by atoms with E-state index in [-0.39, 0.29) is 0 Å². The molecule has 3 radical (unpaired) electrons. The van der Waals surface area contributed by atoms with E-state index in [0.717, 1.165) is 0 Å². The molecule has 1 aliphatic rings. The molecule has 4 rings (SSSR count). The normalized spacial score (nSPS) is 16.8. The lowest BCUT2D eigenvalue weighted by molar-refractivity contribution is 1.26. The highest BCUT2D eigenvalue weighted by molar-refractivity contribution is 7.04. The van der Waals surface area contributed by atoms with Crippen LogP contribution in [0, 0.1) is 0 Å². The highest BCUT2D eigenvalue weighted by atomic mass is 28.4. The third kappa shape index (κ3) is 3.36. The van der Waals surface area contributed by atoms with Crippen LogP contribution < -0.4 is 12.7 Å². The first kappa shape index (κ1) is 18.1. The van der Waals surface area contributed by atoms with Crippen LogP contribution in [0.1, 0.15) is 0 Å². The Morgan fingerprint density at radius 2 is 0.630 bits per heavy atom. The molecule has 0 saturated carbocycles. The van der Waals surface area contributed by atoms with Crippen molar-refractivity contribution in [1.82, 2.24) is 0 Å². The third-order valence-corrected chi connectivity index (χ3v) is 16.2. The molecule has 3 nitrogen and oxygen atoms in total. The molecule has 1 saturated heterocycles. The minimum atomic E-state index is -0.896. The van der Waals surface area contributed by atoms with Crippen LogP contribution >= 0.6 is 0 Å². The predicted molar refractivity (Wildman–Crippen MR) is 122 cm³/mol. The van der Waals surface area contributed by atoms with E-state index in [9.17, 15) is 0 Å². The minimum absolute atomic E-state index is 0.896. The highest BCUT2D eigenvalue weighted by Crippen LogP contribution is 2.32. The van der Waals surface area contributed by atoms with Gasteiger partial charge in [0, 0.05) is 17.1 Å². The van der Waals surface area contributed by atoms with E-state index in [1.54, 1.807) is 0 Å². The maximum Gasteiger partial charge on any atom is 0.279 e. The summed E-state index contributed by atoms with van der Waals surface area (Å²) in [6.45, 7) is 7.36. The maximum atomic E-state index is 2.73. The number of benzene rings is 3. The van der Waals surface area contributed by atoms with Gasteiger partial charge in [-0.05, 0) is 56.0 Å². The van der Waals surface area contributed by atoms with Crippen molar-refractivity contribution in [3.63, 3.8) is 0 Å². The molecule has 27 heavy (non-hydrogen) atoms. The Morgan fingerprint density at radius 1 is 0.407 bits per heavy atom. The van der Waals surface area contributed by atoms with E-state index in [1.165, 1.54) is 17.1 Å². The number of para-hydroxylation sites is 3. The zero-order valence-corrected chi connectivity index (χ0v) is 19.0. The Bertz CT molecular complexity index is 734. The van der Waals surface area contributed by atoms with Crippen LogP contribution in [-0.4, -0.2) is 27.4 Å². The van der Waals surface area contributed by atoms with Crippen molar-refractivity contribution in [2.45, 2.75) is 19.6 Å². The molecule has 0 atom stereocenters. The summed E-state index contributed by atoms with van der Waals surface area (Å²) < 4.78 is 8.19. The van der Waals surface area contributed by atoms with Crippen molar-refractivity contribution < 1.29 is 0 Å². The zero-order valence-electron chi connectivity index (χ0n) is 16.0. The number of anilines is 3. The van der Waals surface area contributed by atoms with Crippen molar-refractivity contribution in [1.29, 1.82) is 0 Å². The van der Waals surface area contributed by atoms with Gasteiger partial charge >= 0.3 is 0 Å². The standard InChI is InChI=1S/C21H24N3Si3/c1-25-22(19-13-7-4-8-14-19)26(2)24(21-17-11-6-12-18-21)27(3)23(25)20-15-9-5-10-16-20/h4-18H,1-3H3. The molecule has 6 heteroatoms. The van der Waals surface area contributed by atoms with Gasteiger partial charge in [0.2, 0.25) is 0 Å². The molecule has 1 heterocycles. The summed E-state index contributed by atoms with van der Waals surface area (Å²) in [5.74, 6) is 0. The smallest absolute Gasteiger partial charge is 0.279 e. The van der Waals surface area contributed by atoms with Crippen LogP contribution in [0.15, 0.2) is 91.0 Å². The molecular weight excluding hydrogens is 379 g/mol. The molecule has 0 N–H and O–H groups in total. The van der Waals surface area contributed by atoms with Crippen molar-refractivity contribution in [3.05, 3.63) is 91.0 Å². The van der Waals surface area contributed by atoms with Gasteiger partial charge in [0.15, 0.2) is 0 Å². The molecule has 0 amide bonds. The first-order valence-electron chi connectivity index (χ1n) is 9.24. The Balaban J connectivity index is 1.83. The highest BCUT2D eigenvalue weighted by Gasteiger charge is 2.45. The number of rotatable bonds is 3. The number of hydrogen-bond acceptors (Lipinski definition) is 3. The first-order chi connectivity index (χ1) is 13.2. The van der Waals surface area contributed by atoms with Gasteiger partial charge < -0.3 is 12.7 Å². The first-order valence-corrected chi connectivity index (χ1v) is 14.9. The fourth-order valence-electron chi connectivity index (χ4n) is 3.85. The van der Waals surface area contributed by atoms with Gasteiger partial charge in [0.1, 0.15) is 0 Å². The zero-order chi connectivity index (χ0) is 18.8. The lowest BCUT2D eigenvalue weighted by Gasteiger charge is -2.55. The summed E-state index contributed by atoms with van der Waals surface area (Å²) in [6.07, 6.45) is 0. The fraction of sp³-hybridized carbons (Fsp3) is 0.143. The number of hydrogen-bond donors (Lipinski definition) is 0. The van der Waals surface area contributed by atoms with Crippen LogP contribution in [0.2, 0.25) is 19.6 Å². The molecule has 0 spiro atoms. The van der Waals surface area contributed by atoms with E-state index < -0.39 is 27.4 Å². The van der Waals surface area contributed by atoms with E-state index in [4.69, 9.17) is 0 Å². The van der Waals surface area contributed by atoms with Crippen molar-refractivity contribution in [3.8, 4) is 0 Å². The van der Waals surface area contributed by atoms with E-state index >= 15 is 0 Å². The van der Waals surface area contributed by atoms with Crippen LogP contribution in [-0.2, 0) is 0 Å². The second kappa shape index (κ2) is 7.76. The predicted octanol–water partition coefficient (Wildman–Crippen LogP) is 4.87. The molecule has 0 aliphatic carbocycles. The Labute approximate surface area is 167 Å². The second-order valence-electron chi connectivity index (χ2n) is 6.65. The van der Waals surface area contributed by atoms with Gasteiger partial charge in [-0.2, -0.15) is 0 Å². The average molecular weight is 403 g/mol. The molecule has 3 aromatic carbocycles. The van der Waals surface area contributed by atoms with Gasteiger partial charge in [0.05, 0.1) is 0 Å². The molecule has 135 valence electrons.